The number of carboxylic acids is 1. The molecule has 25 heavy (non-hydrogen) atoms. The number of allylic oxidation sites excluding steroid dienone is 2. The van der Waals surface area contributed by atoms with Crippen molar-refractivity contribution in [3.8, 4) is 0 Å². The van der Waals surface area contributed by atoms with Crippen LogP contribution >= 0.6 is 11.6 Å². The Hall–Kier alpha value is -2.92. The molecule has 0 radical (unpaired) electrons. The van der Waals surface area contributed by atoms with Gasteiger partial charge >= 0.3 is 5.97 Å². The van der Waals surface area contributed by atoms with Gasteiger partial charge in [0.05, 0.1) is 5.92 Å². The van der Waals surface area contributed by atoms with Gasteiger partial charge in [-0.15, -0.1) is 0 Å². The highest BCUT2D eigenvalue weighted by Crippen LogP contribution is 2.34. The minimum atomic E-state index is -1.19. The maximum absolute atomic E-state index is 13.1. The van der Waals surface area contributed by atoms with Crippen LogP contribution in [0, 0.1) is 0 Å². The van der Waals surface area contributed by atoms with Crippen LogP contribution in [0.1, 0.15) is 28.8 Å². The number of nitrogens with one attached hydrogen (secondary N) is 1. The summed E-state index contributed by atoms with van der Waals surface area (Å²) in [6.07, 6.45) is 0. The molecule has 0 amide bonds. The Morgan fingerprint density at radius 2 is 1.84 bits per heavy atom. The van der Waals surface area contributed by atoms with Gasteiger partial charge in [-0.2, -0.15) is 5.10 Å². The fraction of sp³-hybridized carbons (Fsp3) is 0.105. The zero-order chi connectivity index (χ0) is 18.0. The molecule has 1 aliphatic heterocycles. The van der Waals surface area contributed by atoms with Gasteiger partial charge in [0.25, 0.3) is 0 Å². The summed E-state index contributed by atoms with van der Waals surface area (Å²) in [7, 11) is 0. The Labute approximate surface area is 149 Å². The van der Waals surface area contributed by atoms with Crippen LogP contribution in [0.2, 0.25) is 5.02 Å². The predicted octanol–water partition coefficient (Wildman–Crippen LogP) is 3.62. The molecule has 0 aromatic heterocycles. The molecule has 0 saturated carbocycles. The Bertz CT molecular complexity index is 904. The zero-order valence-corrected chi connectivity index (χ0v) is 14.1. The summed E-state index contributed by atoms with van der Waals surface area (Å²) in [6, 6.07) is 15.6. The predicted molar refractivity (Wildman–Crippen MR) is 95.9 cm³/mol. The average molecular weight is 355 g/mol. The Morgan fingerprint density at radius 1 is 1.12 bits per heavy atom. The van der Waals surface area contributed by atoms with Crippen LogP contribution in [-0.4, -0.2) is 22.6 Å². The lowest BCUT2D eigenvalue weighted by molar-refractivity contribution is -0.129. The van der Waals surface area contributed by atoms with E-state index in [0.29, 0.717) is 27.4 Å². The molecule has 1 heterocycles. The molecule has 0 bridgehead atoms. The van der Waals surface area contributed by atoms with Gasteiger partial charge in [0, 0.05) is 21.9 Å². The molecule has 1 aliphatic rings. The molecule has 5 nitrogen and oxygen atoms in total. The first-order valence-electron chi connectivity index (χ1n) is 7.62. The lowest BCUT2D eigenvalue weighted by Crippen LogP contribution is -2.34. The molecule has 126 valence electrons. The van der Waals surface area contributed by atoms with Crippen LogP contribution in [-0.2, 0) is 4.79 Å². The summed E-state index contributed by atoms with van der Waals surface area (Å²) in [5.74, 6) is -2.24. The van der Waals surface area contributed by atoms with Crippen molar-refractivity contribution in [3.05, 3.63) is 82.0 Å². The highest BCUT2D eigenvalue weighted by molar-refractivity contribution is 6.40. The SMILES string of the molecule is CC1=C(C(=O)c2ccccc2)C(c2cccc(Cl)c2)C(C(=O)O)=NN1. The Kier molecular flexibility index (Phi) is 4.67. The number of aliphatic carboxylic acids is 1. The van der Waals surface area contributed by atoms with Crippen molar-refractivity contribution in [2.24, 2.45) is 5.10 Å². The van der Waals surface area contributed by atoms with E-state index in [0.717, 1.165) is 0 Å². The normalized spacial score (nSPS) is 16.9. The van der Waals surface area contributed by atoms with E-state index in [1.54, 1.807) is 55.5 Å². The van der Waals surface area contributed by atoms with E-state index in [-0.39, 0.29) is 11.5 Å². The summed E-state index contributed by atoms with van der Waals surface area (Å²) in [6.45, 7) is 1.70. The van der Waals surface area contributed by atoms with Crippen LogP contribution in [0.15, 0.2) is 71.0 Å². The minimum Gasteiger partial charge on any atom is -0.477 e. The van der Waals surface area contributed by atoms with E-state index in [2.05, 4.69) is 10.5 Å². The number of benzene rings is 2. The second kappa shape index (κ2) is 6.91. The summed E-state index contributed by atoms with van der Waals surface area (Å²) < 4.78 is 0. The number of hydrogen-bond acceptors (Lipinski definition) is 4. The number of carbonyl (C=O) groups is 2. The summed E-state index contributed by atoms with van der Waals surface area (Å²) in [5, 5.41) is 14.0. The molecule has 0 aliphatic carbocycles. The third-order valence-electron chi connectivity index (χ3n) is 3.99. The van der Waals surface area contributed by atoms with Crippen molar-refractivity contribution in [2.45, 2.75) is 12.8 Å². The molecule has 0 spiro atoms. The minimum absolute atomic E-state index is 0.146. The second-order valence-corrected chi connectivity index (χ2v) is 6.07. The molecule has 0 saturated heterocycles. The number of carboxylic acid groups (broad SMARTS) is 1. The fourth-order valence-corrected chi connectivity index (χ4v) is 3.05. The van der Waals surface area contributed by atoms with Gasteiger partial charge in [-0.25, -0.2) is 4.79 Å². The van der Waals surface area contributed by atoms with E-state index in [1.807, 2.05) is 6.07 Å². The lowest BCUT2D eigenvalue weighted by Gasteiger charge is -2.26. The molecular weight excluding hydrogens is 340 g/mol. The highest BCUT2D eigenvalue weighted by Gasteiger charge is 2.36. The van der Waals surface area contributed by atoms with Gasteiger partial charge in [0.1, 0.15) is 0 Å². The average Bonchev–Trinajstić information content (AvgIpc) is 2.61. The lowest BCUT2D eigenvalue weighted by atomic mass is 9.81. The third kappa shape index (κ3) is 3.32. The third-order valence-corrected chi connectivity index (χ3v) is 4.23. The monoisotopic (exact) mass is 354 g/mol. The van der Waals surface area contributed by atoms with Gasteiger partial charge < -0.3 is 5.11 Å². The largest absolute Gasteiger partial charge is 0.477 e. The number of ketones is 1. The van der Waals surface area contributed by atoms with E-state index >= 15 is 0 Å². The van der Waals surface area contributed by atoms with Crippen molar-refractivity contribution < 1.29 is 14.7 Å². The molecule has 6 heteroatoms. The highest BCUT2D eigenvalue weighted by atomic mass is 35.5. The summed E-state index contributed by atoms with van der Waals surface area (Å²) >= 11 is 6.07. The van der Waals surface area contributed by atoms with Gasteiger partial charge in [-0.1, -0.05) is 54.1 Å². The van der Waals surface area contributed by atoms with Crippen LogP contribution in [0.5, 0.6) is 0 Å². The number of rotatable bonds is 4. The standard InChI is InChI=1S/C19H15ClN2O3/c1-11-15(18(23)12-6-3-2-4-7-12)16(17(19(24)25)22-21-11)13-8-5-9-14(20)10-13/h2-10,16,21H,1H3,(H,24,25). The quantitative estimate of drug-likeness (QED) is 0.822. The summed E-state index contributed by atoms with van der Waals surface area (Å²) in [4.78, 5) is 24.8. The van der Waals surface area contributed by atoms with Gasteiger partial charge in [0.15, 0.2) is 11.5 Å². The molecule has 2 N–H and O–H groups in total. The van der Waals surface area contributed by atoms with E-state index in [4.69, 9.17) is 11.6 Å². The van der Waals surface area contributed by atoms with Crippen LogP contribution in [0.3, 0.4) is 0 Å². The molecule has 3 rings (SSSR count). The van der Waals surface area contributed by atoms with Crippen LogP contribution in [0.4, 0.5) is 0 Å². The van der Waals surface area contributed by atoms with Crippen LogP contribution < -0.4 is 5.43 Å². The maximum Gasteiger partial charge on any atom is 0.353 e. The summed E-state index contributed by atoms with van der Waals surface area (Å²) in [5.41, 5.74) is 4.47. The first kappa shape index (κ1) is 16.9. The van der Waals surface area contributed by atoms with E-state index < -0.39 is 11.9 Å². The fourth-order valence-electron chi connectivity index (χ4n) is 2.85. The van der Waals surface area contributed by atoms with Crippen molar-refractivity contribution in [2.75, 3.05) is 0 Å². The molecule has 2 aromatic carbocycles. The van der Waals surface area contributed by atoms with Gasteiger partial charge in [-0.05, 0) is 24.6 Å². The Balaban J connectivity index is 2.16. The number of hydrazone groups is 1. The van der Waals surface area contributed by atoms with Crippen molar-refractivity contribution >= 4 is 29.1 Å². The number of Topliss-reactive ketones (excluding diaryl/α,β-unsaturated/α-hetero) is 1. The van der Waals surface area contributed by atoms with E-state index in [9.17, 15) is 14.7 Å². The molecule has 0 fully saturated rings. The topological polar surface area (TPSA) is 78.8 Å². The molecule has 1 atom stereocenters. The number of hydrogen-bond donors (Lipinski definition) is 2. The maximum atomic E-state index is 13.1. The van der Waals surface area contributed by atoms with Gasteiger partial charge in [-0.3, -0.25) is 10.2 Å². The van der Waals surface area contributed by atoms with Crippen molar-refractivity contribution in [1.82, 2.24) is 5.43 Å². The first-order valence-corrected chi connectivity index (χ1v) is 7.99. The number of halogens is 1. The van der Waals surface area contributed by atoms with Crippen molar-refractivity contribution in [1.29, 1.82) is 0 Å². The smallest absolute Gasteiger partial charge is 0.353 e. The van der Waals surface area contributed by atoms with Gasteiger partial charge in [0.2, 0.25) is 0 Å². The van der Waals surface area contributed by atoms with Crippen LogP contribution in [0.25, 0.3) is 0 Å². The zero-order valence-electron chi connectivity index (χ0n) is 13.4. The van der Waals surface area contributed by atoms with E-state index in [1.165, 1.54) is 0 Å². The second-order valence-electron chi connectivity index (χ2n) is 5.64. The molecule has 1 unspecified atom stereocenters. The Morgan fingerprint density at radius 3 is 2.48 bits per heavy atom. The molecular formula is C19H15ClN2O3. The number of nitrogens with zero attached hydrogens (tertiary/aromatic N) is 1. The number of carbonyl (C=O) groups excluding carboxylic acids is 1. The first-order chi connectivity index (χ1) is 12.0. The van der Waals surface area contributed by atoms with Crippen molar-refractivity contribution in [3.63, 3.8) is 0 Å². The molecule has 2 aromatic rings.